The van der Waals surface area contributed by atoms with E-state index in [1.54, 1.807) is 0 Å². The predicted molar refractivity (Wildman–Crippen MR) is 124 cm³/mol. The van der Waals surface area contributed by atoms with Crippen molar-refractivity contribution in [2.45, 2.75) is 59.5 Å². The van der Waals surface area contributed by atoms with Gasteiger partial charge in [0.1, 0.15) is 6.04 Å². The highest BCUT2D eigenvalue weighted by Crippen LogP contribution is 2.23. The molecule has 3 rings (SSSR count). The van der Waals surface area contributed by atoms with E-state index >= 15 is 0 Å². The van der Waals surface area contributed by atoms with Crippen molar-refractivity contribution >= 4 is 17.0 Å². The number of aromatic amines is 1. The molecule has 1 atom stereocenters. The normalized spacial score (nSPS) is 11.9. The van der Waals surface area contributed by atoms with Gasteiger partial charge in [-0.05, 0) is 56.5 Å². The van der Waals surface area contributed by atoms with Crippen LogP contribution in [0.25, 0.3) is 22.6 Å². The van der Waals surface area contributed by atoms with Gasteiger partial charge in [-0.1, -0.05) is 20.3 Å². The zero-order valence-corrected chi connectivity index (χ0v) is 19.1. The standard InChI is InChI=1S/C20H26N6O4.C2H6/c1-11-9-14-15(10-12(11)2)26(17-16(23-14)18(27)25-20(30)24-17)8-7-22-6-4-3-5-13(21)19(28)29;1-2/h9-10,13,22H,3-8,21H2,1-2H3,(H,28,29)(H,25,27,30);1-2H3. The van der Waals surface area contributed by atoms with Crippen LogP contribution in [0.1, 0.15) is 44.2 Å². The van der Waals surface area contributed by atoms with Gasteiger partial charge in [-0.15, -0.1) is 0 Å². The molecule has 32 heavy (non-hydrogen) atoms. The number of unbranched alkanes of at least 4 members (excludes halogenated alkanes) is 1. The van der Waals surface area contributed by atoms with Crippen LogP contribution in [0.3, 0.4) is 0 Å². The summed E-state index contributed by atoms with van der Waals surface area (Å²) in [5.41, 5.74) is 7.98. The molecule has 174 valence electrons. The first kappa shape index (κ1) is 25.2. The minimum absolute atomic E-state index is 0.132. The summed E-state index contributed by atoms with van der Waals surface area (Å²) in [6.45, 7) is 9.74. The molecule has 2 heterocycles. The van der Waals surface area contributed by atoms with Crippen molar-refractivity contribution in [1.29, 1.82) is 0 Å². The summed E-state index contributed by atoms with van der Waals surface area (Å²) in [5, 5.41) is 12.1. The van der Waals surface area contributed by atoms with Gasteiger partial charge in [0.2, 0.25) is 0 Å². The van der Waals surface area contributed by atoms with Crippen molar-refractivity contribution in [3.05, 3.63) is 44.1 Å². The summed E-state index contributed by atoms with van der Waals surface area (Å²) in [6, 6.07) is 3.08. The molecule has 0 bridgehead atoms. The monoisotopic (exact) mass is 444 g/mol. The molecule has 0 amide bonds. The Kier molecular flexibility index (Phi) is 9.03. The van der Waals surface area contributed by atoms with Gasteiger partial charge in [0.05, 0.1) is 11.0 Å². The number of hydrogen-bond acceptors (Lipinski definition) is 7. The molecule has 0 saturated carbocycles. The van der Waals surface area contributed by atoms with Crippen LogP contribution in [-0.2, 0) is 11.3 Å². The lowest BCUT2D eigenvalue weighted by molar-refractivity contribution is -0.138. The molecule has 1 aromatic rings. The van der Waals surface area contributed by atoms with E-state index in [1.165, 1.54) is 0 Å². The van der Waals surface area contributed by atoms with Crippen LogP contribution < -0.4 is 22.3 Å². The topological polar surface area (TPSA) is 156 Å². The highest BCUT2D eigenvalue weighted by molar-refractivity contribution is 5.81. The minimum Gasteiger partial charge on any atom is -0.480 e. The van der Waals surface area contributed by atoms with Gasteiger partial charge in [-0.3, -0.25) is 14.6 Å². The third-order valence-corrected chi connectivity index (χ3v) is 5.17. The number of aromatic nitrogens is 4. The molecule has 2 aliphatic rings. The molecule has 0 spiro atoms. The number of hydrogen-bond donors (Lipinski definition) is 4. The Morgan fingerprint density at radius 2 is 1.84 bits per heavy atom. The number of benzene rings is 1. The van der Waals surface area contributed by atoms with Gasteiger partial charge in [0.25, 0.3) is 5.56 Å². The maximum atomic E-state index is 12.3. The van der Waals surface area contributed by atoms with Crippen molar-refractivity contribution in [2.24, 2.45) is 5.73 Å². The molecule has 10 heteroatoms. The van der Waals surface area contributed by atoms with Crippen molar-refractivity contribution in [2.75, 3.05) is 13.1 Å². The molecule has 1 aromatic carbocycles. The fourth-order valence-corrected chi connectivity index (χ4v) is 3.33. The minimum atomic E-state index is -0.985. The number of nitrogens with zero attached hydrogens (tertiary/aromatic N) is 3. The maximum absolute atomic E-state index is 12.3. The second-order valence-corrected chi connectivity index (χ2v) is 7.42. The fraction of sp³-hybridized carbons (Fsp3) is 0.500. The summed E-state index contributed by atoms with van der Waals surface area (Å²) in [5.74, 6) is -0.727. The van der Waals surface area contributed by atoms with E-state index in [0.717, 1.165) is 23.1 Å². The molecule has 0 fully saturated rings. The van der Waals surface area contributed by atoms with E-state index in [9.17, 15) is 14.4 Å². The summed E-state index contributed by atoms with van der Waals surface area (Å²) in [4.78, 5) is 45.4. The van der Waals surface area contributed by atoms with Gasteiger partial charge in [-0.25, -0.2) is 9.78 Å². The Hall–Kier alpha value is -3.11. The number of H-pyrrole nitrogens is 1. The number of carboxylic acids is 1. The Balaban J connectivity index is 0.00000176. The first-order valence-corrected chi connectivity index (χ1v) is 10.9. The van der Waals surface area contributed by atoms with Crippen LogP contribution in [0, 0.1) is 13.8 Å². The van der Waals surface area contributed by atoms with Crippen molar-refractivity contribution in [3.8, 4) is 11.5 Å². The van der Waals surface area contributed by atoms with Gasteiger partial charge in [-0.2, -0.15) is 4.98 Å². The van der Waals surface area contributed by atoms with E-state index in [0.29, 0.717) is 38.0 Å². The SMILES string of the molecule is CC.Cc1cc2nc3c(=O)[nH]c(=O)nc-3n(CCNCCCCC(N)C(=O)O)c2cc1C. The third kappa shape index (κ3) is 5.98. The fourth-order valence-electron chi connectivity index (χ4n) is 3.33. The van der Waals surface area contributed by atoms with Crippen LogP contribution in [0.15, 0.2) is 21.7 Å². The largest absolute Gasteiger partial charge is 0.480 e. The summed E-state index contributed by atoms with van der Waals surface area (Å²) < 4.78 is 1.84. The average molecular weight is 445 g/mol. The number of carbonyl (C=O) groups is 1. The van der Waals surface area contributed by atoms with E-state index in [1.807, 2.05) is 44.4 Å². The van der Waals surface area contributed by atoms with E-state index in [-0.39, 0.29) is 11.5 Å². The van der Waals surface area contributed by atoms with Gasteiger partial charge < -0.3 is 20.7 Å². The first-order valence-electron chi connectivity index (χ1n) is 10.9. The number of aryl methyl sites for hydroxylation is 2. The maximum Gasteiger partial charge on any atom is 0.349 e. The smallest absolute Gasteiger partial charge is 0.349 e. The quantitative estimate of drug-likeness (QED) is 0.285. The Bertz CT molecular complexity index is 1150. The number of rotatable bonds is 9. The summed E-state index contributed by atoms with van der Waals surface area (Å²) in [7, 11) is 0. The van der Waals surface area contributed by atoms with Crippen LogP contribution in [0.4, 0.5) is 0 Å². The van der Waals surface area contributed by atoms with Crippen LogP contribution in [0.2, 0.25) is 0 Å². The Labute approximate surface area is 186 Å². The Morgan fingerprint density at radius 1 is 1.16 bits per heavy atom. The molecule has 2 aliphatic heterocycles. The van der Waals surface area contributed by atoms with Gasteiger partial charge >= 0.3 is 11.7 Å². The average Bonchev–Trinajstić information content (AvgIpc) is 2.75. The molecule has 0 radical (unpaired) electrons. The second kappa shape index (κ2) is 11.5. The van der Waals surface area contributed by atoms with Crippen LogP contribution >= 0.6 is 0 Å². The number of nitrogens with one attached hydrogen (secondary N) is 2. The molecular formula is C22H32N6O4. The van der Waals surface area contributed by atoms with E-state index in [2.05, 4.69) is 20.3 Å². The number of nitrogens with two attached hydrogens (primary N) is 1. The lowest BCUT2D eigenvalue weighted by Crippen LogP contribution is -2.31. The van der Waals surface area contributed by atoms with E-state index < -0.39 is 23.3 Å². The molecule has 5 N–H and O–H groups in total. The van der Waals surface area contributed by atoms with Crippen molar-refractivity contribution in [1.82, 2.24) is 24.8 Å². The molecule has 0 saturated heterocycles. The summed E-state index contributed by atoms with van der Waals surface area (Å²) >= 11 is 0. The zero-order valence-electron chi connectivity index (χ0n) is 19.1. The highest BCUT2D eigenvalue weighted by Gasteiger charge is 2.19. The predicted octanol–water partition coefficient (Wildman–Crippen LogP) is 1.40. The first-order chi connectivity index (χ1) is 15.3. The molecule has 0 aliphatic carbocycles. The van der Waals surface area contributed by atoms with E-state index in [4.69, 9.17) is 10.8 Å². The number of carboxylic acid groups (broad SMARTS) is 1. The van der Waals surface area contributed by atoms with Crippen LogP contribution in [0.5, 0.6) is 0 Å². The summed E-state index contributed by atoms with van der Waals surface area (Å²) in [6.07, 6.45) is 1.94. The lowest BCUT2D eigenvalue weighted by Gasteiger charge is -2.18. The molecule has 0 aromatic heterocycles. The third-order valence-electron chi connectivity index (χ3n) is 5.17. The molecular weight excluding hydrogens is 412 g/mol. The highest BCUT2D eigenvalue weighted by atomic mass is 16.4. The lowest BCUT2D eigenvalue weighted by atomic mass is 10.1. The zero-order chi connectivity index (χ0) is 23.8. The van der Waals surface area contributed by atoms with Crippen molar-refractivity contribution < 1.29 is 9.90 Å². The Morgan fingerprint density at radius 3 is 2.53 bits per heavy atom. The molecule has 10 nitrogen and oxygen atoms in total. The van der Waals surface area contributed by atoms with Crippen molar-refractivity contribution in [3.63, 3.8) is 0 Å². The number of fused-ring (bicyclic) bond motifs is 2. The molecule has 1 unspecified atom stereocenters. The second-order valence-electron chi connectivity index (χ2n) is 7.42. The number of aliphatic carboxylic acids is 1. The van der Waals surface area contributed by atoms with Gasteiger partial charge in [0, 0.05) is 13.1 Å². The van der Waals surface area contributed by atoms with Crippen LogP contribution in [-0.4, -0.2) is 49.7 Å². The van der Waals surface area contributed by atoms with Gasteiger partial charge in [0.15, 0.2) is 11.5 Å².